The molecule has 1 aromatic heterocycles. The first-order valence-electron chi connectivity index (χ1n) is 8.11. The third-order valence-electron chi connectivity index (χ3n) is 4.28. The number of carbonyl (C=O) groups excluding carboxylic acids is 2. The number of aryl methyl sites for hydroxylation is 1. The summed E-state index contributed by atoms with van der Waals surface area (Å²) < 4.78 is 4.74. The molecule has 4 N–H and O–H groups in total. The van der Waals surface area contributed by atoms with E-state index in [0.717, 1.165) is 0 Å². The van der Waals surface area contributed by atoms with E-state index >= 15 is 0 Å². The lowest BCUT2D eigenvalue weighted by molar-refractivity contribution is -0.136. The Labute approximate surface area is 152 Å². The van der Waals surface area contributed by atoms with Crippen LogP contribution in [0.1, 0.15) is 5.56 Å². The number of aliphatic hydroxyl groups excluding tert-OH is 1. The van der Waals surface area contributed by atoms with Crippen LogP contribution in [0, 0.1) is 6.92 Å². The maximum absolute atomic E-state index is 12.6. The van der Waals surface area contributed by atoms with E-state index in [9.17, 15) is 19.2 Å². The maximum atomic E-state index is 12.6. The third-order valence-corrected chi connectivity index (χ3v) is 4.28. The topological polar surface area (TPSA) is 145 Å². The van der Waals surface area contributed by atoms with Crippen molar-refractivity contribution < 1.29 is 19.4 Å². The van der Waals surface area contributed by atoms with Crippen LogP contribution >= 0.6 is 0 Å². The highest BCUT2D eigenvalue weighted by Gasteiger charge is 2.34. The average Bonchev–Trinajstić information content (AvgIpc) is 2.93. The second kappa shape index (κ2) is 7.08. The normalized spacial score (nSPS) is 14.2. The first-order valence-corrected chi connectivity index (χ1v) is 8.11. The van der Waals surface area contributed by atoms with E-state index in [0.29, 0.717) is 22.3 Å². The minimum absolute atomic E-state index is 0.0190. The number of aliphatic hydroxyl groups is 1. The Morgan fingerprint density at radius 3 is 2.44 bits per heavy atom. The van der Waals surface area contributed by atoms with E-state index < -0.39 is 23.0 Å². The van der Waals surface area contributed by atoms with Gasteiger partial charge in [-0.1, -0.05) is 0 Å². The summed E-state index contributed by atoms with van der Waals surface area (Å²) in [6, 6.07) is 3.20. The maximum Gasteiger partial charge on any atom is 0.337 e. The SMILES string of the molecule is COC(=O)C1=C(Nc2cc3[nH]c(=O)c(=O)[nH]c3cc2C)C(=O)N(CCO)C1. The number of rotatable bonds is 5. The lowest BCUT2D eigenvalue weighted by Crippen LogP contribution is -2.31. The summed E-state index contributed by atoms with van der Waals surface area (Å²) >= 11 is 0. The number of anilines is 1. The lowest BCUT2D eigenvalue weighted by atomic mass is 10.1. The quantitative estimate of drug-likeness (QED) is 0.396. The number of esters is 1. The zero-order valence-corrected chi connectivity index (χ0v) is 14.7. The van der Waals surface area contributed by atoms with Crippen LogP contribution in [0.3, 0.4) is 0 Å². The van der Waals surface area contributed by atoms with Gasteiger partial charge in [0.1, 0.15) is 5.70 Å². The summed E-state index contributed by atoms with van der Waals surface area (Å²) in [4.78, 5) is 53.9. The highest BCUT2D eigenvalue weighted by atomic mass is 16.5. The fourth-order valence-corrected chi connectivity index (χ4v) is 2.89. The second-order valence-corrected chi connectivity index (χ2v) is 6.04. The van der Waals surface area contributed by atoms with Crippen molar-refractivity contribution in [1.29, 1.82) is 0 Å². The Morgan fingerprint density at radius 2 is 1.85 bits per heavy atom. The van der Waals surface area contributed by atoms with Crippen molar-refractivity contribution >= 4 is 28.6 Å². The van der Waals surface area contributed by atoms with Gasteiger partial charge in [-0.2, -0.15) is 0 Å². The molecule has 0 fully saturated rings. The molecule has 0 aliphatic carbocycles. The number of benzene rings is 1. The Bertz CT molecular complexity index is 1080. The van der Waals surface area contributed by atoms with E-state index in [4.69, 9.17) is 9.84 Å². The van der Waals surface area contributed by atoms with Crippen molar-refractivity contribution in [3.8, 4) is 0 Å². The van der Waals surface area contributed by atoms with Gasteiger partial charge in [0.25, 0.3) is 5.91 Å². The summed E-state index contributed by atoms with van der Waals surface area (Å²) in [7, 11) is 1.22. The number of carbonyl (C=O) groups is 2. The number of ether oxygens (including phenoxy) is 1. The molecule has 0 bridgehead atoms. The molecule has 142 valence electrons. The van der Waals surface area contributed by atoms with Crippen molar-refractivity contribution in [2.24, 2.45) is 0 Å². The smallest absolute Gasteiger partial charge is 0.337 e. The number of hydrogen-bond acceptors (Lipinski definition) is 7. The molecule has 0 saturated heterocycles. The van der Waals surface area contributed by atoms with Gasteiger partial charge in [-0.05, 0) is 24.6 Å². The number of aromatic nitrogens is 2. The van der Waals surface area contributed by atoms with Gasteiger partial charge in [0.2, 0.25) is 0 Å². The minimum Gasteiger partial charge on any atom is -0.466 e. The summed E-state index contributed by atoms with van der Waals surface area (Å²) in [5, 5.41) is 12.0. The third kappa shape index (κ3) is 3.34. The molecular weight excluding hydrogens is 356 g/mol. The fourth-order valence-electron chi connectivity index (χ4n) is 2.89. The molecule has 0 unspecified atom stereocenters. The van der Waals surface area contributed by atoms with Crippen molar-refractivity contribution in [2.45, 2.75) is 6.92 Å². The molecule has 0 spiro atoms. The molecule has 10 heteroatoms. The highest BCUT2D eigenvalue weighted by Crippen LogP contribution is 2.26. The number of nitrogens with one attached hydrogen (secondary N) is 3. The molecule has 2 aromatic rings. The number of aromatic amines is 2. The zero-order chi connectivity index (χ0) is 19.7. The number of nitrogens with zero attached hydrogens (tertiary/aromatic N) is 1. The molecule has 1 aliphatic rings. The molecule has 0 saturated carbocycles. The van der Waals surface area contributed by atoms with Gasteiger partial charge in [0.05, 0.1) is 36.9 Å². The predicted molar refractivity (Wildman–Crippen MR) is 96.3 cm³/mol. The largest absolute Gasteiger partial charge is 0.466 e. The van der Waals surface area contributed by atoms with Gasteiger partial charge >= 0.3 is 17.1 Å². The van der Waals surface area contributed by atoms with Gasteiger partial charge in [0, 0.05) is 12.2 Å². The van der Waals surface area contributed by atoms with E-state index in [2.05, 4.69) is 15.3 Å². The van der Waals surface area contributed by atoms with Crippen LogP contribution < -0.4 is 16.4 Å². The van der Waals surface area contributed by atoms with E-state index in [-0.39, 0.29) is 31.0 Å². The van der Waals surface area contributed by atoms with Crippen LogP contribution in [0.15, 0.2) is 33.0 Å². The molecule has 10 nitrogen and oxygen atoms in total. The summed E-state index contributed by atoms with van der Waals surface area (Å²) in [5.41, 5.74) is 0.586. The molecule has 3 rings (SSSR count). The van der Waals surface area contributed by atoms with E-state index in [1.807, 2.05) is 0 Å². The van der Waals surface area contributed by atoms with Crippen molar-refractivity contribution in [2.75, 3.05) is 32.1 Å². The fraction of sp³-hybridized carbons (Fsp3) is 0.294. The standard InChI is InChI=1S/C17H18N4O6/c1-8-5-11-12(20-15(24)14(23)19-11)6-10(8)18-13-9(17(26)27-2)7-21(3-4-22)16(13)25/h5-6,18,22H,3-4,7H2,1-2H3,(H,19,23)(H,20,24). The lowest BCUT2D eigenvalue weighted by Gasteiger charge is -2.15. The van der Waals surface area contributed by atoms with Gasteiger partial charge < -0.3 is 30.0 Å². The van der Waals surface area contributed by atoms with Gasteiger partial charge in [0.15, 0.2) is 0 Å². The van der Waals surface area contributed by atoms with E-state index in [1.165, 1.54) is 12.0 Å². The molecule has 2 heterocycles. The van der Waals surface area contributed by atoms with Crippen LogP contribution in [0.25, 0.3) is 11.0 Å². The first kappa shape index (κ1) is 18.4. The van der Waals surface area contributed by atoms with Crippen molar-refractivity contribution in [3.63, 3.8) is 0 Å². The van der Waals surface area contributed by atoms with Crippen molar-refractivity contribution in [3.05, 3.63) is 49.7 Å². The summed E-state index contributed by atoms with van der Waals surface area (Å²) in [6.45, 7) is 1.60. The average molecular weight is 374 g/mol. The first-order chi connectivity index (χ1) is 12.8. The van der Waals surface area contributed by atoms with E-state index in [1.54, 1.807) is 19.1 Å². The number of methoxy groups -OCH3 is 1. The van der Waals surface area contributed by atoms with Gasteiger partial charge in [-0.25, -0.2) is 4.79 Å². The van der Waals surface area contributed by atoms with Crippen LogP contribution in [0.4, 0.5) is 5.69 Å². The molecule has 1 amide bonds. The van der Waals surface area contributed by atoms with Gasteiger partial charge in [-0.3, -0.25) is 14.4 Å². The molecular formula is C17H18N4O6. The van der Waals surface area contributed by atoms with Crippen LogP contribution in [0.5, 0.6) is 0 Å². The number of fused-ring (bicyclic) bond motifs is 1. The summed E-state index contributed by atoms with van der Waals surface area (Å²) in [6.07, 6.45) is 0. The molecule has 0 radical (unpaired) electrons. The second-order valence-electron chi connectivity index (χ2n) is 6.04. The summed E-state index contributed by atoms with van der Waals surface area (Å²) in [5.74, 6) is -1.10. The molecule has 27 heavy (non-hydrogen) atoms. The number of amides is 1. The van der Waals surface area contributed by atoms with Crippen LogP contribution in [0.2, 0.25) is 0 Å². The van der Waals surface area contributed by atoms with Crippen LogP contribution in [-0.2, 0) is 14.3 Å². The molecule has 1 aliphatic heterocycles. The molecule has 1 aromatic carbocycles. The highest BCUT2D eigenvalue weighted by molar-refractivity contribution is 6.08. The van der Waals surface area contributed by atoms with Crippen LogP contribution in [-0.4, -0.2) is 58.7 Å². The Balaban J connectivity index is 2.05. The number of hydrogen-bond donors (Lipinski definition) is 4. The number of H-pyrrole nitrogens is 2. The number of β-amino-alcohol motifs (C(OH)–C–C–N with tert-alkyl or cyclic N) is 1. The van der Waals surface area contributed by atoms with Crippen molar-refractivity contribution in [1.82, 2.24) is 14.9 Å². The molecule has 0 atom stereocenters. The predicted octanol–water partition coefficient (Wildman–Crippen LogP) is -0.802. The zero-order valence-electron chi connectivity index (χ0n) is 14.7. The Hall–Kier alpha value is -3.40. The monoisotopic (exact) mass is 374 g/mol. The minimum atomic E-state index is -0.794. The Morgan fingerprint density at radius 1 is 1.22 bits per heavy atom. The van der Waals surface area contributed by atoms with Gasteiger partial charge in [-0.15, -0.1) is 0 Å². The Kier molecular flexibility index (Phi) is 4.82.